The second-order valence-electron chi connectivity index (χ2n) is 6.07. The van der Waals surface area contributed by atoms with Crippen LogP contribution in [-0.4, -0.2) is 24.9 Å². The molecular weight excluding hydrogens is 256 g/mol. The summed E-state index contributed by atoms with van der Waals surface area (Å²) in [5.74, 6) is -0.274. The minimum Gasteiger partial charge on any atom is -0.400 e. The van der Waals surface area contributed by atoms with E-state index in [1.807, 2.05) is 39.8 Å². The van der Waals surface area contributed by atoms with E-state index in [4.69, 9.17) is 15.0 Å². The van der Waals surface area contributed by atoms with Crippen molar-refractivity contribution in [2.45, 2.75) is 38.9 Å². The lowest BCUT2D eigenvalue weighted by Crippen LogP contribution is -2.41. The Labute approximate surface area is 120 Å². The average Bonchev–Trinajstić information content (AvgIpc) is 2.55. The molecule has 0 aromatic heterocycles. The molecule has 5 heteroatoms. The van der Waals surface area contributed by atoms with Crippen LogP contribution in [0.25, 0.3) is 6.08 Å². The maximum atomic E-state index is 13.2. The third kappa shape index (κ3) is 2.95. The van der Waals surface area contributed by atoms with Gasteiger partial charge in [0, 0.05) is 6.54 Å². The molecule has 1 aromatic rings. The molecule has 0 aliphatic carbocycles. The van der Waals surface area contributed by atoms with Gasteiger partial charge in [-0.3, -0.25) is 0 Å². The first-order chi connectivity index (χ1) is 9.25. The van der Waals surface area contributed by atoms with Crippen LogP contribution in [0.3, 0.4) is 0 Å². The Morgan fingerprint density at radius 3 is 2.35 bits per heavy atom. The van der Waals surface area contributed by atoms with E-state index in [2.05, 4.69) is 0 Å². The van der Waals surface area contributed by atoms with Gasteiger partial charge < -0.3 is 15.0 Å². The summed E-state index contributed by atoms with van der Waals surface area (Å²) in [6, 6.07) is 6.36. The lowest BCUT2D eigenvalue weighted by Gasteiger charge is -2.32. The molecule has 0 radical (unpaired) electrons. The summed E-state index contributed by atoms with van der Waals surface area (Å²) < 4.78 is 25.1. The fourth-order valence-electron chi connectivity index (χ4n) is 2.03. The van der Waals surface area contributed by atoms with Crippen LogP contribution in [0.1, 0.15) is 33.3 Å². The second kappa shape index (κ2) is 5.32. The highest BCUT2D eigenvalue weighted by atomic mass is 19.1. The first kappa shape index (κ1) is 15.2. The summed E-state index contributed by atoms with van der Waals surface area (Å²) in [5.41, 5.74) is 6.53. The molecule has 1 fully saturated rings. The molecule has 1 aromatic carbocycles. The van der Waals surface area contributed by atoms with Gasteiger partial charge in [0.2, 0.25) is 0 Å². The fraction of sp³-hybridized carbons (Fsp3) is 0.467. The third-order valence-corrected chi connectivity index (χ3v) is 3.99. The monoisotopic (exact) mass is 277 g/mol. The smallest absolute Gasteiger partial charge is 0.400 e. The zero-order valence-corrected chi connectivity index (χ0v) is 12.4. The van der Waals surface area contributed by atoms with Crippen LogP contribution in [0.15, 0.2) is 29.7 Å². The Morgan fingerprint density at radius 2 is 1.85 bits per heavy atom. The first-order valence-electron chi connectivity index (χ1n) is 6.77. The lowest BCUT2D eigenvalue weighted by atomic mass is 9.77. The predicted molar refractivity (Wildman–Crippen MR) is 79.5 cm³/mol. The van der Waals surface area contributed by atoms with Crippen molar-refractivity contribution < 1.29 is 13.7 Å². The predicted octanol–water partition coefficient (Wildman–Crippen LogP) is 2.80. The zero-order chi connectivity index (χ0) is 15.0. The SMILES string of the molecule is CC1(C)OB(C(=Cc2cccc(F)c2)CN)OC1(C)C. The van der Waals surface area contributed by atoms with E-state index in [-0.39, 0.29) is 5.82 Å². The van der Waals surface area contributed by atoms with E-state index in [0.717, 1.165) is 11.0 Å². The maximum Gasteiger partial charge on any atom is 0.491 e. The van der Waals surface area contributed by atoms with Gasteiger partial charge in [0.05, 0.1) is 11.2 Å². The van der Waals surface area contributed by atoms with Crippen molar-refractivity contribution in [2.24, 2.45) is 5.73 Å². The van der Waals surface area contributed by atoms with E-state index >= 15 is 0 Å². The molecule has 3 nitrogen and oxygen atoms in total. The summed E-state index contributed by atoms with van der Waals surface area (Å²) >= 11 is 0. The molecule has 1 heterocycles. The number of hydrogen-bond acceptors (Lipinski definition) is 3. The fourth-order valence-corrected chi connectivity index (χ4v) is 2.03. The normalized spacial score (nSPS) is 21.3. The van der Waals surface area contributed by atoms with Crippen LogP contribution in [0.4, 0.5) is 4.39 Å². The van der Waals surface area contributed by atoms with Gasteiger partial charge in [-0.05, 0) is 50.9 Å². The van der Waals surface area contributed by atoms with E-state index < -0.39 is 18.3 Å². The Hall–Kier alpha value is -1.17. The molecule has 2 rings (SSSR count). The van der Waals surface area contributed by atoms with Crippen LogP contribution in [0, 0.1) is 5.82 Å². The maximum absolute atomic E-state index is 13.2. The van der Waals surface area contributed by atoms with Crippen LogP contribution in [0.2, 0.25) is 0 Å². The Bertz CT molecular complexity index is 512. The highest BCUT2D eigenvalue weighted by Gasteiger charge is 2.52. The number of rotatable bonds is 3. The van der Waals surface area contributed by atoms with Gasteiger partial charge >= 0.3 is 7.12 Å². The molecule has 1 aliphatic rings. The van der Waals surface area contributed by atoms with Crippen molar-refractivity contribution in [3.63, 3.8) is 0 Å². The van der Waals surface area contributed by atoms with Gasteiger partial charge in [-0.15, -0.1) is 0 Å². The molecule has 0 spiro atoms. The molecule has 20 heavy (non-hydrogen) atoms. The molecule has 0 unspecified atom stereocenters. The minimum atomic E-state index is -0.492. The van der Waals surface area contributed by atoms with E-state index in [9.17, 15) is 4.39 Å². The van der Waals surface area contributed by atoms with E-state index in [0.29, 0.717) is 6.54 Å². The topological polar surface area (TPSA) is 44.5 Å². The quantitative estimate of drug-likeness (QED) is 0.864. The lowest BCUT2D eigenvalue weighted by molar-refractivity contribution is 0.00578. The number of halogens is 1. The minimum absolute atomic E-state index is 0.274. The molecule has 108 valence electrons. The van der Waals surface area contributed by atoms with Gasteiger partial charge in [-0.2, -0.15) is 0 Å². The van der Waals surface area contributed by atoms with E-state index in [1.54, 1.807) is 6.07 Å². The molecule has 0 amide bonds. The van der Waals surface area contributed by atoms with Crippen LogP contribution in [-0.2, 0) is 9.31 Å². The number of benzene rings is 1. The van der Waals surface area contributed by atoms with Gasteiger partial charge in [0.15, 0.2) is 0 Å². The molecule has 1 saturated heterocycles. The van der Waals surface area contributed by atoms with Crippen LogP contribution < -0.4 is 5.73 Å². The summed E-state index contributed by atoms with van der Waals surface area (Å²) in [5, 5.41) is 0. The van der Waals surface area contributed by atoms with Gasteiger partial charge in [0.1, 0.15) is 5.82 Å². The van der Waals surface area contributed by atoms with Crippen LogP contribution in [0.5, 0.6) is 0 Å². The molecule has 1 aliphatic heterocycles. The Balaban J connectivity index is 2.26. The largest absolute Gasteiger partial charge is 0.491 e. The van der Waals surface area contributed by atoms with Gasteiger partial charge in [-0.25, -0.2) is 4.39 Å². The summed E-state index contributed by atoms with van der Waals surface area (Å²) in [7, 11) is -0.492. The molecular formula is C15H21BFNO2. The second-order valence-corrected chi connectivity index (χ2v) is 6.07. The zero-order valence-electron chi connectivity index (χ0n) is 12.4. The average molecular weight is 277 g/mol. The standard InChI is InChI=1S/C15H21BFNO2/c1-14(2)15(3,4)20-16(19-14)12(10-18)8-11-6-5-7-13(17)9-11/h5-9H,10,18H2,1-4H3. The molecule has 0 saturated carbocycles. The van der Waals surface area contributed by atoms with Crippen molar-refractivity contribution in [3.05, 3.63) is 41.1 Å². The van der Waals surface area contributed by atoms with E-state index in [1.165, 1.54) is 12.1 Å². The summed E-state index contributed by atoms with van der Waals surface area (Å²) in [4.78, 5) is 0. The summed E-state index contributed by atoms with van der Waals surface area (Å²) in [6.45, 7) is 8.26. The van der Waals surface area contributed by atoms with Crippen molar-refractivity contribution in [1.29, 1.82) is 0 Å². The van der Waals surface area contributed by atoms with Gasteiger partial charge in [0.25, 0.3) is 0 Å². The Morgan fingerprint density at radius 1 is 1.25 bits per heavy atom. The third-order valence-electron chi connectivity index (χ3n) is 3.99. The van der Waals surface area contributed by atoms with Crippen molar-refractivity contribution >= 4 is 13.2 Å². The highest BCUT2D eigenvalue weighted by Crippen LogP contribution is 2.38. The molecule has 0 bridgehead atoms. The van der Waals surface area contributed by atoms with Crippen molar-refractivity contribution in [3.8, 4) is 0 Å². The molecule has 0 atom stereocenters. The highest BCUT2D eigenvalue weighted by molar-refractivity contribution is 6.55. The number of nitrogens with two attached hydrogens (primary N) is 1. The number of hydrogen-bond donors (Lipinski definition) is 1. The Kier molecular flexibility index (Phi) is 4.05. The summed E-state index contributed by atoms with van der Waals surface area (Å²) in [6.07, 6.45) is 1.82. The first-order valence-corrected chi connectivity index (χ1v) is 6.77. The van der Waals surface area contributed by atoms with Crippen molar-refractivity contribution in [1.82, 2.24) is 0 Å². The van der Waals surface area contributed by atoms with Crippen LogP contribution >= 0.6 is 0 Å². The van der Waals surface area contributed by atoms with Gasteiger partial charge in [-0.1, -0.05) is 18.2 Å². The molecule has 2 N–H and O–H groups in total. The van der Waals surface area contributed by atoms with Crippen molar-refractivity contribution in [2.75, 3.05) is 6.54 Å².